The van der Waals surface area contributed by atoms with Gasteiger partial charge in [-0.05, 0) is 26.0 Å². The summed E-state index contributed by atoms with van der Waals surface area (Å²) in [5.74, 6) is -0.397. The summed E-state index contributed by atoms with van der Waals surface area (Å²) in [6.45, 7) is 4.39. The van der Waals surface area contributed by atoms with E-state index < -0.39 is 0 Å². The van der Waals surface area contributed by atoms with Crippen LogP contribution in [0.5, 0.6) is 0 Å². The summed E-state index contributed by atoms with van der Waals surface area (Å²) in [7, 11) is 3.02. The number of amides is 1. The van der Waals surface area contributed by atoms with Gasteiger partial charge >= 0.3 is 5.97 Å². The molecular formula is C13H20N2O3. The average Bonchev–Trinajstić information content (AvgIpc) is 2.83. The Morgan fingerprint density at radius 1 is 1.44 bits per heavy atom. The molecule has 0 aliphatic carbocycles. The van der Waals surface area contributed by atoms with Crippen LogP contribution in [-0.2, 0) is 9.53 Å². The second-order valence-electron chi connectivity index (χ2n) is 4.45. The minimum atomic E-state index is -0.311. The van der Waals surface area contributed by atoms with Gasteiger partial charge in [-0.3, -0.25) is 9.59 Å². The molecule has 0 fully saturated rings. The number of hydrogen-bond donors (Lipinski definition) is 0. The predicted octanol–water partition coefficient (Wildman–Crippen LogP) is 1.70. The summed E-state index contributed by atoms with van der Waals surface area (Å²) in [6, 6.07) is 3.87. The Balaban J connectivity index is 2.68. The molecule has 0 atom stereocenters. The van der Waals surface area contributed by atoms with Gasteiger partial charge in [-0.1, -0.05) is 0 Å². The van der Waals surface area contributed by atoms with Gasteiger partial charge in [0.15, 0.2) is 0 Å². The largest absolute Gasteiger partial charge is 0.469 e. The molecule has 5 nitrogen and oxygen atoms in total. The maximum atomic E-state index is 12.2. The Labute approximate surface area is 107 Å². The van der Waals surface area contributed by atoms with E-state index in [0.29, 0.717) is 12.2 Å². The van der Waals surface area contributed by atoms with Crippen molar-refractivity contribution in [3.05, 3.63) is 24.0 Å². The highest BCUT2D eigenvalue weighted by Gasteiger charge is 2.17. The van der Waals surface area contributed by atoms with Crippen molar-refractivity contribution in [2.24, 2.45) is 0 Å². The fourth-order valence-corrected chi connectivity index (χ4v) is 1.68. The lowest BCUT2D eigenvalue weighted by Gasteiger charge is -2.19. The second kappa shape index (κ2) is 6.23. The van der Waals surface area contributed by atoms with E-state index >= 15 is 0 Å². The van der Waals surface area contributed by atoms with Crippen molar-refractivity contribution in [2.45, 2.75) is 26.3 Å². The van der Waals surface area contributed by atoms with Crippen molar-refractivity contribution < 1.29 is 14.3 Å². The zero-order valence-corrected chi connectivity index (χ0v) is 11.3. The lowest BCUT2D eigenvalue weighted by atomic mass is 10.3. The van der Waals surface area contributed by atoms with E-state index in [1.165, 1.54) is 12.0 Å². The highest BCUT2D eigenvalue weighted by Crippen LogP contribution is 2.12. The van der Waals surface area contributed by atoms with Crippen LogP contribution in [0.3, 0.4) is 0 Å². The second-order valence-corrected chi connectivity index (χ2v) is 4.45. The lowest BCUT2D eigenvalue weighted by molar-refractivity contribution is -0.140. The molecular weight excluding hydrogens is 232 g/mol. The van der Waals surface area contributed by atoms with Gasteiger partial charge in [0, 0.05) is 25.8 Å². The van der Waals surface area contributed by atoms with Gasteiger partial charge in [0.05, 0.1) is 13.5 Å². The first-order chi connectivity index (χ1) is 8.47. The van der Waals surface area contributed by atoms with Gasteiger partial charge in [0.1, 0.15) is 5.69 Å². The number of hydrogen-bond acceptors (Lipinski definition) is 3. The van der Waals surface area contributed by atoms with Crippen LogP contribution >= 0.6 is 0 Å². The number of nitrogens with zero attached hydrogens (tertiary/aromatic N) is 2. The smallest absolute Gasteiger partial charge is 0.307 e. The van der Waals surface area contributed by atoms with E-state index in [1.807, 2.05) is 30.7 Å². The summed E-state index contributed by atoms with van der Waals surface area (Å²) in [5.41, 5.74) is 0.636. The van der Waals surface area contributed by atoms with Crippen molar-refractivity contribution >= 4 is 11.9 Å². The van der Waals surface area contributed by atoms with E-state index in [1.54, 1.807) is 13.1 Å². The van der Waals surface area contributed by atoms with Gasteiger partial charge in [-0.25, -0.2) is 0 Å². The number of carbonyl (C=O) groups is 2. The molecule has 1 heterocycles. The molecule has 0 aliphatic rings. The molecule has 1 aromatic heterocycles. The molecule has 0 saturated carbocycles. The molecule has 0 N–H and O–H groups in total. The third-order valence-corrected chi connectivity index (χ3v) is 2.78. The van der Waals surface area contributed by atoms with E-state index in [0.717, 1.165) is 0 Å². The molecule has 100 valence electrons. The molecule has 0 aliphatic heterocycles. The Hall–Kier alpha value is -1.78. The summed E-state index contributed by atoms with van der Waals surface area (Å²) in [5, 5.41) is 0. The third kappa shape index (κ3) is 3.35. The van der Waals surface area contributed by atoms with Gasteiger partial charge < -0.3 is 14.2 Å². The molecule has 0 unspecified atom stereocenters. The van der Waals surface area contributed by atoms with Gasteiger partial charge in [0.25, 0.3) is 5.91 Å². The van der Waals surface area contributed by atoms with Gasteiger partial charge in [-0.2, -0.15) is 0 Å². The van der Waals surface area contributed by atoms with E-state index in [2.05, 4.69) is 4.74 Å². The summed E-state index contributed by atoms with van der Waals surface area (Å²) >= 11 is 0. The standard InChI is InChI=1S/C13H20N2O3/c1-10(2)15-8-5-6-11(15)13(17)14(3)9-7-12(16)18-4/h5-6,8,10H,7,9H2,1-4H3. The lowest BCUT2D eigenvalue weighted by Crippen LogP contribution is -2.31. The Morgan fingerprint density at radius 3 is 2.67 bits per heavy atom. The van der Waals surface area contributed by atoms with Crippen LogP contribution in [0.15, 0.2) is 18.3 Å². The van der Waals surface area contributed by atoms with Crippen molar-refractivity contribution in [2.75, 3.05) is 20.7 Å². The quantitative estimate of drug-likeness (QED) is 0.749. The Morgan fingerprint density at radius 2 is 2.11 bits per heavy atom. The van der Waals surface area contributed by atoms with Gasteiger partial charge in [-0.15, -0.1) is 0 Å². The zero-order valence-electron chi connectivity index (χ0n) is 11.3. The van der Waals surface area contributed by atoms with Crippen molar-refractivity contribution in [1.82, 2.24) is 9.47 Å². The minimum Gasteiger partial charge on any atom is -0.469 e. The van der Waals surface area contributed by atoms with E-state index in [-0.39, 0.29) is 24.3 Å². The van der Waals surface area contributed by atoms with Gasteiger partial charge in [0.2, 0.25) is 0 Å². The van der Waals surface area contributed by atoms with E-state index in [9.17, 15) is 9.59 Å². The fraction of sp³-hybridized carbons (Fsp3) is 0.538. The number of methoxy groups -OCH3 is 1. The summed E-state index contributed by atoms with van der Waals surface area (Å²) < 4.78 is 6.46. The SMILES string of the molecule is COC(=O)CCN(C)C(=O)c1cccn1C(C)C. The van der Waals surface area contributed by atoms with Crippen molar-refractivity contribution in [1.29, 1.82) is 0 Å². The fourth-order valence-electron chi connectivity index (χ4n) is 1.68. The topological polar surface area (TPSA) is 51.5 Å². The molecule has 0 spiro atoms. The molecule has 1 aromatic rings. The van der Waals surface area contributed by atoms with Crippen molar-refractivity contribution in [3.63, 3.8) is 0 Å². The van der Waals surface area contributed by atoms with Crippen LogP contribution < -0.4 is 0 Å². The normalized spacial score (nSPS) is 10.5. The van der Waals surface area contributed by atoms with Crippen LogP contribution in [0.4, 0.5) is 0 Å². The number of carbonyl (C=O) groups excluding carboxylic acids is 2. The summed E-state index contributed by atoms with van der Waals surface area (Å²) in [6.07, 6.45) is 2.09. The molecule has 0 saturated heterocycles. The number of rotatable bonds is 5. The Bertz CT molecular complexity index is 424. The maximum Gasteiger partial charge on any atom is 0.307 e. The highest BCUT2D eigenvalue weighted by atomic mass is 16.5. The van der Waals surface area contributed by atoms with Crippen LogP contribution in [-0.4, -0.2) is 42.0 Å². The monoisotopic (exact) mass is 252 g/mol. The molecule has 5 heteroatoms. The van der Waals surface area contributed by atoms with E-state index in [4.69, 9.17) is 0 Å². The summed E-state index contributed by atoms with van der Waals surface area (Å²) in [4.78, 5) is 24.8. The number of aromatic nitrogens is 1. The minimum absolute atomic E-state index is 0.0856. The van der Waals surface area contributed by atoms with Crippen LogP contribution in [0.1, 0.15) is 36.8 Å². The molecule has 1 rings (SSSR count). The third-order valence-electron chi connectivity index (χ3n) is 2.78. The number of ether oxygens (including phenoxy) is 1. The molecule has 0 aromatic carbocycles. The Kier molecular flexibility index (Phi) is 4.95. The average molecular weight is 252 g/mol. The highest BCUT2D eigenvalue weighted by molar-refractivity contribution is 5.92. The molecule has 1 amide bonds. The molecule has 0 bridgehead atoms. The predicted molar refractivity (Wildman–Crippen MR) is 68.4 cm³/mol. The first-order valence-corrected chi connectivity index (χ1v) is 5.96. The van der Waals surface area contributed by atoms with Crippen LogP contribution in [0.25, 0.3) is 0 Å². The van der Waals surface area contributed by atoms with Crippen LogP contribution in [0.2, 0.25) is 0 Å². The molecule has 0 radical (unpaired) electrons. The maximum absolute atomic E-state index is 12.2. The first kappa shape index (κ1) is 14.3. The first-order valence-electron chi connectivity index (χ1n) is 5.96. The van der Waals surface area contributed by atoms with Crippen molar-refractivity contribution in [3.8, 4) is 0 Å². The zero-order chi connectivity index (χ0) is 13.7. The van der Waals surface area contributed by atoms with Crippen LogP contribution in [0, 0.1) is 0 Å². The molecule has 18 heavy (non-hydrogen) atoms. The number of esters is 1.